The number of nitrogens with zero attached hydrogens (tertiary/aromatic N) is 6. The SMILES string of the molecule is CCN1CCN(C(=O)NC(C(=O)N[C@@H]2C(=O)N3[C@@H]2SC(C)(C)[C@@H]3C(=O)O)c2ccccc2)C(=O)C1=O.CCOC(=O)c1cnnn1C[C@@]1(C)[C@H](C(=O)[O-])C2C(=O)CC2S1(=O)=O.[Na+]. The number of carboxylic acid groups (broad SMARTS) is 2. The normalized spacial score (nSPS) is 28.1. The van der Waals surface area contributed by atoms with E-state index >= 15 is 0 Å². The Kier molecular flexibility index (Phi) is 14.0. The third-order valence-electron chi connectivity index (χ3n) is 11.6. The Bertz CT molecular complexity index is 2310. The van der Waals surface area contributed by atoms with Crippen LogP contribution in [0.15, 0.2) is 36.5 Å². The molecule has 8 atom stereocenters. The summed E-state index contributed by atoms with van der Waals surface area (Å²) in [5.74, 6) is -9.52. The van der Waals surface area contributed by atoms with Gasteiger partial charge in [0.25, 0.3) is 0 Å². The van der Waals surface area contributed by atoms with Crippen molar-refractivity contribution in [3.8, 4) is 0 Å². The molecule has 5 heterocycles. The minimum Gasteiger partial charge on any atom is -0.550 e. The maximum atomic E-state index is 13.3. The molecule has 0 spiro atoms. The number of nitrogens with one attached hydrogen (secondary N) is 2. The fraction of sp³-hybridized carbons (Fsp3) is 0.541. The predicted octanol–water partition coefficient (Wildman–Crippen LogP) is -5.27. The number of likely N-dealkylation sites (N-methyl/N-ethyl adjacent to an activating group) is 1. The van der Waals surface area contributed by atoms with Crippen molar-refractivity contribution in [2.75, 3.05) is 26.2 Å². The number of piperazine rings is 1. The second kappa shape index (κ2) is 18.1. The van der Waals surface area contributed by atoms with Gasteiger partial charge in [-0.1, -0.05) is 35.5 Å². The molecule has 62 heavy (non-hydrogen) atoms. The van der Waals surface area contributed by atoms with Crippen molar-refractivity contribution < 1.29 is 96.1 Å². The maximum absolute atomic E-state index is 13.3. The summed E-state index contributed by atoms with van der Waals surface area (Å²) in [6.07, 6.45) is 0.908. The number of hydrogen-bond acceptors (Lipinski definition) is 16. The first-order valence-corrected chi connectivity index (χ1v) is 21.6. The van der Waals surface area contributed by atoms with Gasteiger partial charge in [-0.3, -0.25) is 28.9 Å². The number of ketones is 1. The number of sulfone groups is 1. The fourth-order valence-electron chi connectivity index (χ4n) is 8.43. The molecule has 0 radical (unpaired) electrons. The molecule has 4 saturated heterocycles. The van der Waals surface area contributed by atoms with Crippen molar-refractivity contribution in [2.45, 2.75) is 85.8 Å². The van der Waals surface area contributed by atoms with Crippen LogP contribution < -0.4 is 45.3 Å². The summed E-state index contributed by atoms with van der Waals surface area (Å²) in [6.45, 7) is 8.17. The van der Waals surface area contributed by atoms with Gasteiger partial charge in [-0.2, -0.15) is 0 Å². The molecule has 1 aliphatic carbocycles. The van der Waals surface area contributed by atoms with E-state index in [9.17, 15) is 61.8 Å². The molecule has 1 aromatic heterocycles. The summed E-state index contributed by atoms with van der Waals surface area (Å²) >= 11 is 1.28. The Labute approximate surface area is 381 Å². The monoisotopic (exact) mass is 910 g/mol. The van der Waals surface area contributed by atoms with Crippen molar-refractivity contribution in [3.63, 3.8) is 0 Å². The van der Waals surface area contributed by atoms with E-state index in [1.807, 2.05) is 0 Å². The van der Waals surface area contributed by atoms with E-state index in [-0.39, 0.29) is 61.4 Å². The number of β-lactam (4-membered cyclic amide) rings is 1. The Hall–Kier alpha value is -4.91. The van der Waals surface area contributed by atoms with E-state index in [4.69, 9.17) is 4.74 Å². The summed E-state index contributed by atoms with van der Waals surface area (Å²) in [4.78, 5) is 114. The van der Waals surface area contributed by atoms with Gasteiger partial charge in [-0.25, -0.2) is 27.5 Å². The topological polar surface area (TPSA) is 305 Å². The van der Waals surface area contributed by atoms with Crippen LogP contribution in [-0.4, -0.2) is 155 Å². The largest absolute Gasteiger partial charge is 1.00 e. The molecule has 6 amide bonds. The van der Waals surface area contributed by atoms with Crippen LogP contribution in [0.5, 0.6) is 0 Å². The molecule has 22 nitrogen and oxygen atoms in total. The number of Topliss-reactive ketones (excluding diaryl/α,β-unsaturated/α-hetero) is 1. The molecule has 1 saturated carbocycles. The van der Waals surface area contributed by atoms with Crippen LogP contribution in [0.25, 0.3) is 0 Å². The number of carbonyl (C=O) groups is 9. The van der Waals surface area contributed by atoms with Crippen molar-refractivity contribution in [1.29, 1.82) is 0 Å². The van der Waals surface area contributed by atoms with E-state index in [1.165, 1.54) is 28.5 Å². The number of rotatable bonds is 11. The van der Waals surface area contributed by atoms with Gasteiger partial charge in [0, 0.05) is 48.6 Å². The van der Waals surface area contributed by atoms with Gasteiger partial charge < -0.3 is 40.2 Å². The third-order valence-corrected chi connectivity index (χ3v) is 16.1. The van der Waals surface area contributed by atoms with Gasteiger partial charge in [0.05, 0.1) is 29.3 Å². The van der Waals surface area contributed by atoms with E-state index in [1.54, 1.807) is 58.0 Å². The number of fused-ring (bicyclic) bond motifs is 2. The average Bonchev–Trinajstić information content (AvgIpc) is 3.81. The van der Waals surface area contributed by atoms with Gasteiger partial charge in [0.2, 0.25) is 11.8 Å². The first kappa shape index (κ1) is 48.1. The van der Waals surface area contributed by atoms with Crippen LogP contribution >= 0.6 is 11.8 Å². The minimum absolute atomic E-state index is 0. The number of carboxylic acids is 2. The molecule has 5 fully saturated rings. The van der Waals surface area contributed by atoms with Gasteiger partial charge in [0.15, 0.2) is 15.5 Å². The average molecular weight is 911 g/mol. The summed E-state index contributed by atoms with van der Waals surface area (Å²) in [6, 6.07) is 4.11. The summed E-state index contributed by atoms with van der Waals surface area (Å²) in [5.41, 5.74) is 0.307. The second-order valence-corrected chi connectivity index (χ2v) is 20.0. The van der Waals surface area contributed by atoms with Gasteiger partial charge in [-0.05, 0) is 40.2 Å². The molecular formula is C37H43N8NaO14S2. The molecule has 2 aromatic rings. The molecule has 4 aliphatic heterocycles. The zero-order valence-corrected chi connectivity index (χ0v) is 38.1. The molecule has 0 bridgehead atoms. The number of ether oxygens (including phenoxy) is 1. The molecule has 25 heteroatoms. The Morgan fingerprint density at radius 3 is 2.27 bits per heavy atom. The van der Waals surface area contributed by atoms with Gasteiger partial charge >= 0.3 is 59.3 Å². The van der Waals surface area contributed by atoms with Crippen molar-refractivity contribution >= 4 is 75.0 Å². The summed E-state index contributed by atoms with van der Waals surface area (Å²) in [7, 11) is -3.97. The summed E-state index contributed by atoms with van der Waals surface area (Å²) in [5, 5.41) is 32.0. The molecular weight excluding hydrogens is 868 g/mol. The molecule has 1 aromatic carbocycles. The standard InChI is InChI=1S/C23H27N5O7S.C14H17N3O7S.Na/c1-4-26-10-11-27(19(32)18(26)31)22(35)25-13(12-8-6-5-7-9-12)16(29)24-14-17(30)28-15(21(33)34)23(2,3)36-20(14)28;1-3-24-13(21)7-5-15-16-17(7)6-14(2)11(12(19)20)10-8(18)4-9(10)25(14,22)23;/h5-9,13-15,20H,4,10-11H2,1-3H3,(H,24,29)(H,25,35)(H,33,34);5,9-11H,3-4,6H2,1-2H3,(H,19,20);/q;;+1/p-1/t13?,14-,15+,20-;9?,10?,11-,14-;/m10./s1. The van der Waals surface area contributed by atoms with Crippen molar-refractivity contribution in [3.05, 3.63) is 47.8 Å². The van der Waals surface area contributed by atoms with E-state index < -0.39 is 120 Å². The smallest absolute Gasteiger partial charge is 0.550 e. The van der Waals surface area contributed by atoms with Gasteiger partial charge in [-0.15, -0.1) is 16.9 Å². The zero-order chi connectivity index (χ0) is 44.9. The Balaban J connectivity index is 0.000000245. The maximum Gasteiger partial charge on any atom is 1.00 e. The number of imide groups is 1. The first-order valence-electron chi connectivity index (χ1n) is 19.1. The number of esters is 1. The number of thioether (sulfide) groups is 1. The Morgan fingerprint density at radius 2 is 1.69 bits per heavy atom. The van der Waals surface area contributed by atoms with E-state index in [0.29, 0.717) is 12.1 Å². The predicted molar refractivity (Wildman–Crippen MR) is 206 cm³/mol. The fourth-order valence-corrected chi connectivity index (χ4v) is 12.7. The second-order valence-electron chi connectivity index (χ2n) is 15.6. The van der Waals surface area contributed by atoms with Crippen molar-refractivity contribution in [2.24, 2.45) is 11.8 Å². The van der Waals surface area contributed by atoms with E-state index in [0.717, 1.165) is 15.8 Å². The molecule has 3 unspecified atom stereocenters. The number of benzene rings is 1. The zero-order valence-electron chi connectivity index (χ0n) is 34.5. The molecule has 5 aliphatic rings. The van der Waals surface area contributed by atoms with Crippen LogP contribution in [0.2, 0.25) is 0 Å². The van der Waals surface area contributed by atoms with Crippen LogP contribution in [0, 0.1) is 11.8 Å². The molecule has 7 rings (SSSR count). The molecule has 328 valence electrons. The van der Waals surface area contributed by atoms with Crippen LogP contribution in [-0.2, 0) is 54.7 Å². The van der Waals surface area contributed by atoms with Crippen LogP contribution in [0.3, 0.4) is 0 Å². The number of hydrogen-bond donors (Lipinski definition) is 3. The van der Waals surface area contributed by atoms with E-state index in [2.05, 4.69) is 20.9 Å². The first-order chi connectivity index (χ1) is 28.6. The third kappa shape index (κ3) is 8.21. The number of urea groups is 1. The number of aromatic nitrogens is 3. The van der Waals surface area contributed by atoms with Crippen molar-refractivity contribution in [1.82, 2.24) is 40.3 Å². The summed E-state index contributed by atoms with van der Waals surface area (Å²) < 4.78 is 28.9. The minimum atomic E-state index is -3.97. The van der Waals surface area contributed by atoms with Gasteiger partial charge in [0.1, 0.15) is 29.3 Å². The number of carbonyl (C=O) groups excluding carboxylic acids is 8. The van der Waals surface area contributed by atoms with Crippen LogP contribution in [0.4, 0.5) is 4.79 Å². The molecule has 3 N–H and O–H groups in total. The Morgan fingerprint density at radius 1 is 1.03 bits per heavy atom. The quantitative estimate of drug-likeness (QED) is 0.0821. The van der Waals surface area contributed by atoms with Crippen LogP contribution in [0.1, 0.15) is 63.1 Å². The number of amides is 6. The number of aliphatic carboxylic acids is 2.